The lowest BCUT2D eigenvalue weighted by Gasteiger charge is -2.33. The van der Waals surface area contributed by atoms with Crippen molar-refractivity contribution in [2.45, 2.75) is 63.5 Å². The summed E-state index contributed by atoms with van der Waals surface area (Å²) in [6, 6.07) is 25.3. The van der Waals surface area contributed by atoms with E-state index in [0.29, 0.717) is 18.5 Å². The standard InChI is InChI=1S/C31H37F3N2O2/c1-30(2,3)25-14-15-26(38-31(32,33)34)24(18-25)20-35-28-23(16-17-37)19-36-29(28)27(21-10-6-4-7-11-21)22-12-8-5-9-13-22/h4-15,18,23,27-29,35-37H,16-17,19-20H2,1-3H3. The number of aliphatic hydroxyl groups excluding tert-OH is 1. The Morgan fingerprint density at radius 3 is 2.08 bits per heavy atom. The summed E-state index contributed by atoms with van der Waals surface area (Å²) in [5, 5.41) is 17.1. The molecule has 1 aliphatic rings. The van der Waals surface area contributed by atoms with Crippen LogP contribution in [-0.4, -0.2) is 36.7 Å². The quantitative estimate of drug-likeness (QED) is 0.313. The van der Waals surface area contributed by atoms with Crippen LogP contribution in [0.4, 0.5) is 13.2 Å². The third-order valence-electron chi connectivity index (χ3n) is 7.37. The van der Waals surface area contributed by atoms with Crippen LogP contribution in [0.5, 0.6) is 5.75 Å². The Balaban J connectivity index is 1.68. The molecule has 1 heterocycles. The maximum Gasteiger partial charge on any atom is 0.573 e. The van der Waals surface area contributed by atoms with Gasteiger partial charge in [0.1, 0.15) is 5.75 Å². The number of nitrogens with one attached hydrogen (secondary N) is 2. The number of ether oxygens (including phenoxy) is 1. The number of rotatable bonds is 9. The first kappa shape index (κ1) is 28.1. The molecule has 3 N–H and O–H groups in total. The van der Waals surface area contributed by atoms with E-state index in [4.69, 9.17) is 0 Å². The summed E-state index contributed by atoms with van der Waals surface area (Å²) < 4.78 is 44.1. The number of alkyl halides is 3. The minimum Gasteiger partial charge on any atom is -0.405 e. The summed E-state index contributed by atoms with van der Waals surface area (Å²) in [5.41, 5.74) is 3.48. The Morgan fingerprint density at radius 1 is 0.947 bits per heavy atom. The Bertz CT molecular complexity index is 1120. The van der Waals surface area contributed by atoms with Gasteiger partial charge in [-0.15, -0.1) is 13.2 Å². The van der Waals surface area contributed by atoms with Crippen molar-refractivity contribution >= 4 is 0 Å². The highest BCUT2D eigenvalue weighted by Crippen LogP contribution is 2.36. The van der Waals surface area contributed by atoms with Crippen LogP contribution in [-0.2, 0) is 12.0 Å². The first-order chi connectivity index (χ1) is 18.1. The lowest BCUT2D eigenvalue weighted by atomic mass is 9.80. The minimum absolute atomic E-state index is 0.0189. The van der Waals surface area contributed by atoms with Gasteiger partial charge in [-0.25, -0.2) is 0 Å². The second-order valence-electron chi connectivity index (χ2n) is 11.0. The highest BCUT2D eigenvalue weighted by molar-refractivity contribution is 5.40. The molecule has 1 aliphatic heterocycles. The van der Waals surface area contributed by atoms with Crippen molar-refractivity contribution in [1.82, 2.24) is 10.6 Å². The fourth-order valence-electron chi connectivity index (χ4n) is 5.46. The average Bonchev–Trinajstić information content (AvgIpc) is 3.25. The molecule has 38 heavy (non-hydrogen) atoms. The zero-order valence-corrected chi connectivity index (χ0v) is 22.1. The lowest BCUT2D eigenvalue weighted by Crippen LogP contribution is -2.46. The molecule has 7 heteroatoms. The molecule has 3 aromatic rings. The summed E-state index contributed by atoms with van der Waals surface area (Å²) in [7, 11) is 0. The average molecular weight is 527 g/mol. The van der Waals surface area contributed by atoms with Crippen LogP contribution < -0.4 is 15.4 Å². The molecule has 3 aromatic carbocycles. The van der Waals surface area contributed by atoms with Crippen LogP contribution in [0, 0.1) is 5.92 Å². The Hall–Kier alpha value is -2.87. The van der Waals surface area contributed by atoms with Crippen molar-refractivity contribution < 1.29 is 23.0 Å². The van der Waals surface area contributed by atoms with E-state index in [1.54, 1.807) is 12.1 Å². The van der Waals surface area contributed by atoms with Crippen LogP contribution in [0.2, 0.25) is 0 Å². The second kappa shape index (κ2) is 11.9. The summed E-state index contributed by atoms with van der Waals surface area (Å²) in [6.07, 6.45) is -4.19. The van der Waals surface area contributed by atoms with Gasteiger partial charge in [-0.3, -0.25) is 0 Å². The van der Waals surface area contributed by atoms with Gasteiger partial charge in [0, 0.05) is 36.7 Å². The highest BCUT2D eigenvalue weighted by atomic mass is 19.4. The third kappa shape index (κ3) is 6.95. The molecule has 4 rings (SSSR count). The second-order valence-corrected chi connectivity index (χ2v) is 11.0. The summed E-state index contributed by atoms with van der Waals surface area (Å²) in [4.78, 5) is 0. The molecular weight excluding hydrogens is 489 g/mol. The molecule has 0 aromatic heterocycles. The number of aliphatic hydroxyl groups is 1. The van der Waals surface area contributed by atoms with E-state index in [0.717, 1.165) is 16.7 Å². The largest absolute Gasteiger partial charge is 0.573 e. The van der Waals surface area contributed by atoms with Crippen molar-refractivity contribution in [3.63, 3.8) is 0 Å². The number of halogens is 3. The smallest absolute Gasteiger partial charge is 0.405 e. The third-order valence-corrected chi connectivity index (χ3v) is 7.37. The molecular formula is C31H37F3N2O2. The fraction of sp³-hybridized carbons (Fsp3) is 0.419. The SMILES string of the molecule is CC(C)(C)c1ccc(OC(F)(F)F)c(CNC2C(CCO)CNC2C(c2ccccc2)c2ccccc2)c1. The number of benzene rings is 3. The van der Waals surface area contributed by atoms with Crippen LogP contribution in [0.15, 0.2) is 78.9 Å². The molecule has 0 spiro atoms. The zero-order valence-electron chi connectivity index (χ0n) is 22.1. The first-order valence-corrected chi connectivity index (χ1v) is 13.1. The van der Waals surface area contributed by atoms with Gasteiger partial charge in [0.25, 0.3) is 0 Å². The Labute approximate surface area is 223 Å². The molecule has 4 nitrogen and oxygen atoms in total. The molecule has 3 unspecified atom stereocenters. The van der Waals surface area contributed by atoms with Gasteiger partial charge < -0.3 is 20.5 Å². The lowest BCUT2D eigenvalue weighted by molar-refractivity contribution is -0.274. The molecule has 0 bridgehead atoms. The van der Waals surface area contributed by atoms with Crippen molar-refractivity contribution in [3.05, 3.63) is 101 Å². The maximum absolute atomic E-state index is 13.2. The van der Waals surface area contributed by atoms with E-state index in [1.165, 1.54) is 6.07 Å². The predicted octanol–water partition coefficient (Wildman–Crippen LogP) is 6.14. The van der Waals surface area contributed by atoms with E-state index in [-0.39, 0.29) is 48.2 Å². The van der Waals surface area contributed by atoms with E-state index in [9.17, 15) is 18.3 Å². The molecule has 204 valence electrons. The Kier molecular flexibility index (Phi) is 8.81. The molecule has 0 amide bonds. The van der Waals surface area contributed by atoms with Crippen LogP contribution in [0.1, 0.15) is 55.4 Å². The van der Waals surface area contributed by atoms with E-state index < -0.39 is 6.36 Å². The predicted molar refractivity (Wildman–Crippen MR) is 144 cm³/mol. The van der Waals surface area contributed by atoms with E-state index in [1.807, 2.05) is 57.2 Å². The molecule has 3 atom stereocenters. The first-order valence-electron chi connectivity index (χ1n) is 13.1. The van der Waals surface area contributed by atoms with Gasteiger partial charge in [0.2, 0.25) is 0 Å². The van der Waals surface area contributed by atoms with Gasteiger partial charge in [0.15, 0.2) is 0 Å². The monoisotopic (exact) mass is 526 g/mol. The topological polar surface area (TPSA) is 53.5 Å². The van der Waals surface area contributed by atoms with Crippen molar-refractivity contribution in [3.8, 4) is 5.75 Å². The van der Waals surface area contributed by atoms with Crippen LogP contribution >= 0.6 is 0 Å². The minimum atomic E-state index is -4.78. The molecule has 0 radical (unpaired) electrons. The number of hydrogen-bond donors (Lipinski definition) is 3. The summed E-state index contributed by atoms with van der Waals surface area (Å²) >= 11 is 0. The Morgan fingerprint density at radius 2 is 1.55 bits per heavy atom. The normalized spacial score (nSPS) is 20.2. The van der Waals surface area contributed by atoms with E-state index >= 15 is 0 Å². The van der Waals surface area contributed by atoms with Crippen LogP contribution in [0.25, 0.3) is 0 Å². The van der Waals surface area contributed by atoms with Gasteiger partial charge >= 0.3 is 6.36 Å². The molecule has 1 saturated heterocycles. The van der Waals surface area contributed by atoms with Gasteiger partial charge in [-0.1, -0.05) is 93.6 Å². The van der Waals surface area contributed by atoms with Gasteiger partial charge in [-0.2, -0.15) is 0 Å². The summed E-state index contributed by atoms with van der Waals surface area (Å²) in [6.45, 7) is 7.04. The zero-order chi connectivity index (χ0) is 27.3. The van der Waals surface area contributed by atoms with Gasteiger partial charge in [0.05, 0.1) is 0 Å². The van der Waals surface area contributed by atoms with Crippen LogP contribution in [0.3, 0.4) is 0 Å². The molecule has 0 saturated carbocycles. The molecule has 1 fully saturated rings. The van der Waals surface area contributed by atoms with Crippen molar-refractivity contribution in [2.24, 2.45) is 5.92 Å². The van der Waals surface area contributed by atoms with Gasteiger partial charge in [-0.05, 0) is 47.1 Å². The van der Waals surface area contributed by atoms with Crippen molar-refractivity contribution in [2.75, 3.05) is 13.2 Å². The van der Waals surface area contributed by atoms with Crippen molar-refractivity contribution in [1.29, 1.82) is 0 Å². The number of hydrogen-bond acceptors (Lipinski definition) is 4. The maximum atomic E-state index is 13.2. The highest BCUT2D eigenvalue weighted by Gasteiger charge is 2.41. The fourth-order valence-corrected chi connectivity index (χ4v) is 5.46. The van der Waals surface area contributed by atoms with E-state index in [2.05, 4.69) is 39.6 Å². The summed E-state index contributed by atoms with van der Waals surface area (Å²) in [5.74, 6) is -0.0648. The molecule has 0 aliphatic carbocycles.